The van der Waals surface area contributed by atoms with Crippen LogP contribution in [0.1, 0.15) is 69.8 Å². The Balaban J connectivity index is 2.16. The highest BCUT2D eigenvalue weighted by atomic mass is 32.2. The lowest BCUT2D eigenvalue weighted by atomic mass is 10.0. The summed E-state index contributed by atoms with van der Waals surface area (Å²) >= 11 is 0.469. The van der Waals surface area contributed by atoms with Gasteiger partial charge in [-0.25, -0.2) is 13.1 Å². The topological polar surface area (TPSA) is 118 Å². The van der Waals surface area contributed by atoms with Crippen LogP contribution >= 0.6 is 11.3 Å². The second kappa shape index (κ2) is 8.04. The maximum Gasteiger partial charge on any atom is 0.267 e. The Labute approximate surface area is 199 Å². The van der Waals surface area contributed by atoms with Gasteiger partial charge in [-0.3, -0.25) is 9.59 Å². The molecule has 2 N–H and O–H groups in total. The number of amides is 1. The Morgan fingerprint density at radius 2 is 2.07 bits per heavy atom. The summed E-state index contributed by atoms with van der Waals surface area (Å²) in [7, 11) is -4.98. The van der Waals surface area contributed by atoms with E-state index >= 15 is 0 Å². The minimum atomic E-state index is -4.98. The molecule has 2 aromatic heterocycles. The lowest BCUT2D eigenvalue weighted by Crippen LogP contribution is -2.20. The van der Waals surface area contributed by atoms with Crippen LogP contribution in [0.3, 0.4) is 0 Å². The Morgan fingerprint density at radius 1 is 1.20 bits per heavy atom. The van der Waals surface area contributed by atoms with Crippen LogP contribution < -0.4 is 10.0 Å². The number of ketones is 1. The molecule has 2 heterocycles. The van der Waals surface area contributed by atoms with E-state index in [0.29, 0.717) is 23.5 Å². The molecule has 158 valence electrons. The van der Waals surface area contributed by atoms with Crippen molar-refractivity contribution in [1.82, 2.24) is 5.16 Å². The number of anilines is 2. The van der Waals surface area contributed by atoms with Gasteiger partial charge in [0.1, 0.15) is 9.77 Å². The van der Waals surface area contributed by atoms with E-state index in [1.165, 1.54) is 0 Å². The quantitative estimate of drug-likeness (QED) is 0.529. The molecule has 0 radical (unpaired) electrons. The molecule has 0 saturated carbocycles. The molecular weight excluding hydrogens is 426 g/mol. The van der Waals surface area contributed by atoms with Crippen LogP contribution in [0.5, 0.6) is 0 Å². The SMILES string of the molecule is [2H]C([2H])([2H])C(=O)c1cc(C([2H])([2H])[2H])cc(C([2H])([2H])[2H])c1NC(=O)c1sccc1S(=O)(=O)Nc1onc(C([2H])([2H])[2H])c1C([2H])([2H])[2H]. The highest BCUT2D eigenvalue weighted by molar-refractivity contribution is 7.93. The molecule has 0 aliphatic carbocycles. The third kappa shape index (κ3) is 4.14. The third-order valence-corrected chi connectivity index (χ3v) is 6.08. The van der Waals surface area contributed by atoms with Gasteiger partial charge in [0.05, 0.1) is 11.4 Å². The van der Waals surface area contributed by atoms with Crippen molar-refractivity contribution in [2.24, 2.45) is 0 Å². The molecule has 1 amide bonds. The van der Waals surface area contributed by atoms with Gasteiger partial charge in [-0.05, 0) is 62.9 Å². The Bertz CT molecular complexity index is 1740. The third-order valence-electron chi connectivity index (χ3n) is 3.67. The number of hydrogen-bond acceptors (Lipinski definition) is 7. The lowest BCUT2D eigenvalue weighted by molar-refractivity contribution is 0.101. The summed E-state index contributed by atoms with van der Waals surface area (Å²) in [5.74, 6) is -4.20. The monoisotopic (exact) mass is 462 g/mol. The summed E-state index contributed by atoms with van der Waals surface area (Å²) in [5, 5.41) is 6.27. The molecule has 10 heteroatoms. The van der Waals surface area contributed by atoms with Crippen molar-refractivity contribution in [3.8, 4) is 0 Å². The predicted molar refractivity (Wildman–Crippen MR) is 115 cm³/mol. The number of aromatic nitrogens is 1. The molecule has 0 aliphatic heterocycles. The van der Waals surface area contributed by atoms with Crippen molar-refractivity contribution in [2.45, 2.75) is 39.2 Å². The van der Waals surface area contributed by atoms with E-state index in [-0.39, 0.29) is 0 Å². The van der Waals surface area contributed by atoms with E-state index < -0.39 is 105 Å². The molecule has 0 spiro atoms. The number of Topliss-reactive ketones (excluding diaryl/α,β-unsaturated/α-hetero) is 1. The molecule has 8 nitrogen and oxygen atoms in total. The lowest BCUT2D eigenvalue weighted by Gasteiger charge is -2.14. The molecular formula is C20H21N3O5S2. The highest BCUT2D eigenvalue weighted by Crippen LogP contribution is 2.29. The van der Waals surface area contributed by atoms with Crippen molar-refractivity contribution in [3.63, 3.8) is 0 Å². The number of hydrogen-bond donors (Lipinski definition) is 2. The number of benzene rings is 1. The molecule has 0 fully saturated rings. The smallest absolute Gasteiger partial charge is 0.267 e. The Kier molecular flexibility index (Phi) is 2.53. The van der Waals surface area contributed by atoms with Crippen LogP contribution in [0.25, 0.3) is 0 Å². The zero-order valence-corrected chi connectivity index (χ0v) is 16.2. The normalized spacial score (nSPS) is 20.9. The van der Waals surface area contributed by atoms with Crippen molar-refractivity contribution in [2.75, 3.05) is 10.0 Å². The summed E-state index contributed by atoms with van der Waals surface area (Å²) in [6.45, 7) is -16.0. The summed E-state index contributed by atoms with van der Waals surface area (Å²) in [6, 6.07) is 2.08. The molecule has 0 atom stereocenters. The maximum atomic E-state index is 13.4. The summed E-state index contributed by atoms with van der Waals surface area (Å²) < 4.78 is 147. The number of carbonyl (C=O) groups is 2. The van der Waals surface area contributed by atoms with Gasteiger partial charge in [0.2, 0.25) is 5.88 Å². The summed E-state index contributed by atoms with van der Waals surface area (Å²) in [5.41, 5.74) is -5.69. The van der Waals surface area contributed by atoms with E-state index in [4.69, 9.17) is 20.6 Å². The number of rotatable bonds is 6. The number of sulfonamides is 1. The van der Waals surface area contributed by atoms with Gasteiger partial charge in [0.15, 0.2) is 5.78 Å². The van der Waals surface area contributed by atoms with Gasteiger partial charge >= 0.3 is 0 Å². The maximum absolute atomic E-state index is 13.4. The molecule has 0 bridgehead atoms. The molecule has 0 aliphatic rings. The average molecular weight is 463 g/mol. The first kappa shape index (κ1) is 9.44. The van der Waals surface area contributed by atoms with Crippen molar-refractivity contribution in [1.29, 1.82) is 0 Å². The van der Waals surface area contributed by atoms with E-state index in [2.05, 4.69) is 9.68 Å². The molecule has 3 rings (SSSR count). The van der Waals surface area contributed by atoms with E-state index in [1.807, 2.05) is 5.32 Å². The highest BCUT2D eigenvalue weighted by Gasteiger charge is 2.27. The van der Waals surface area contributed by atoms with Gasteiger partial charge < -0.3 is 9.84 Å². The number of nitrogens with zero attached hydrogens (tertiary/aromatic N) is 1. The first-order valence-electron chi connectivity index (χ1n) is 15.2. The van der Waals surface area contributed by atoms with Crippen LogP contribution in [0.4, 0.5) is 11.6 Å². The Morgan fingerprint density at radius 3 is 2.77 bits per heavy atom. The van der Waals surface area contributed by atoms with Gasteiger partial charge in [-0.1, -0.05) is 11.2 Å². The zero-order chi connectivity index (χ0) is 34.7. The number of aryl methyl sites for hydroxylation is 3. The van der Waals surface area contributed by atoms with E-state index in [9.17, 15) is 18.0 Å². The van der Waals surface area contributed by atoms with Crippen LogP contribution in [0.15, 0.2) is 33.0 Å². The van der Waals surface area contributed by atoms with Gasteiger partial charge in [-0.15, -0.1) is 11.3 Å². The minimum absolute atomic E-state index is 0.469. The largest absolute Gasteiger partial charge is 0.337 e. The number of nitrogens with one attached hydrogen (secondary N) is 2. The molecule has 30 heavy (non-hydrogen) atoms. The summed E-state index contributed by atoms with van der Waals surface area (Å²) in [4.78, 5) is 24.7. The molecule has 1 aromatic carbocycles. The van der Waals surface area contributed by atoms with Crippen LogP contribution in [-0.4, -0.2) is 25.3 Å². The van der Waals surface area contributed by atoms with Crippen molar-refractivity contribution in [3.05, 3.63) is 56.4 Å². The fourth-order valence-electron chi connectivity index (χ4n) is 2.34. The first-order valence-corrected chi connectivity index (χ1v) is 10.1. The number of carbonyl (C=O) groups excluding carboxylic acids is 2. The number of thiophene rings is 1. The molecule has 0 unspecified atom stereocenters. The fraction of sp³-hybridized carbons (Fsp3) is 0.250. The molecule has 3 aromatic rings. The zero-order valence-electron chi connectivity index (χ0n) is 29.6. The van der Waals surface area contributed by atoms with Crippen molar-refractivity contribution >= 4 is 44.6 Å². The van der Waals surface area contributed by atoms with E-state index in [1.54, 1.807) is 4.72 Å². The van der Waals surface area contributed by atoms with Crippen LogP contribution in [-0.2, 0) is 10.0 Å². The van der Waals surface area contributed by atoms with E-state index in [0.717, 1.165) is 11.4 Å². The standard InChI is InChI=1S/C20H21N3O5S2/c1-10-8-11(2)17(15(9-10)14(5)24)21-19(25)18-16(6-7-29-18)30(26,27)23-20-12(3)13(4)22-28-20/h6-9,23H,1-5H3,(H,21,25)/i1D3,2D3,3D3,4D3,5D3. The first-order chi connectivity index (χ1) is 20.1. The van der Waals surface area contributed by atoms with Gasteiger partial charge in [0.25, 0.3) is 15.9 Å². The van der Waals surface area contributed by atoms with Gasteiger partial charge in [0, 0.05) is 31.7 Å². The molecule has 0 saturated heterocycles. The second-order valence-electron chi connectivity index (χ2n) is 5.68. The van der Waals surface area contributed by atoms with Crippen LogP contribution in [0, 0.1) is 27.4 Å². The minimum Gasteiger partial charge on any atom is -0.337 e. The van der Waals surface area contributed by atoms with Gasteiger partial charge in [-0.2, -0.15) is 0 Å². The average Bonchev–Trinajstić information content (AvgIpc) is 3.49. The fourth-order valence-corrected chi connectivity index (χ4v) is 4.66. The van der Waals surface area contributed by atoms with Crippen molar-refractivity contribution < 1.29 is 43.1 Å². The predicted octanol–water partition coefficient (Wildman–Crippen LogP) is 4.23. The second-order valence-corrected chi connectivity index (χ2v) is 8.25. The van der Waals surface area contributed by atoms with Crippen LogP contribution in [0.2, 0.25) is 0 Å². The summed E-state index contributed by atoms with van der Waals surface area (Å²) in [6.07, 6.45) is 0. The Hall–Kier alpha value is -2.98.